The average Bonchev–Trinajstić information content (AvgIpc) is 2.96. The number of ether oxygens (including phenoxy) is 2. The van der Waals surface area contributed by atoms with E-state index in [4.69, 9.17) is 9.47 Å². The van der Waals surface area contributed by atoms with Crippen LogP contribution in [0.4, 0.5) is 22.0 Å². The van der Waals surface area contributed by atoms with Crippen LogP contribution in [0.3, 0.4) is 0 Å². The van der Waals surface area contributed by atoms with Gasteiger partial charge in [0.1, 0.15) is 29.6 Å². The molecule has 1 aliphatic rings. The fourth-order valence-corrected chi connectivity index (χ4v) is 6.81. The average molecular weight is 657 g/mol. The maximum Gasteiger partial charge on any atom is 0.453 e. The number of phenolic OH excluding ortho intramolecular Hbond substituents is 2. The van der Waals surface area contributed by atoms with Crippen molar-refractivity contribution in [3.8, 4) is 23.0 Å². The fraction of sp³-hybridized carbons (Fsp3) is 0.455. The topological polar surface area (TPSA) is 93.1 Å². The van der Waals surface area contributed by atoms with Crippen LogP contribution >= 0.6 is 0 Å². The van der Waals surface area contributed by atoms with E-state index in [9.17, 15) is 40.6 Å². The van der Waals surface area contributed by atoms with E-state index in [0.717, 1.165) is 42.4 Å². The van der Waals surface area contributed by atoms with Crippen molar-refractivity contribution in [1.82, 2.24) is 0 Å². The Labute approximate surface area is 259 Å². The Morgan fingerprint density at radius 3 is 2.22 bits per heavy atom. The summed E-state index contributed by atoms with van der Waals surface area (Å²) in [4.78, 5) is 0. The molecular weight excluding hydrogens is 619 g/mol. The monoisotopic (exact) mass is 656 g/mol. The zero-order valence-corrected chi connectivity index (χ0v) is 25.6. The van der Waals surface area contributed by atoms with Gasteiger partial charge in [0.2, 0.25) is 0 Å². The SMILES string of the molecule is CC1(c2ccc(O)cc2)COc2cc(O)ccc2C1CCCCc1ccc(OCCS(=O)(=O)CCCC(F)(F)C(F)(F)F)cc1. The normalized spacial score (nSPS) is 18.7. The molecular formula is C33H37F5O6S. The molecule has 3 aromatic rings. The van der Waals surface area contributed by atoms with Gasteiger partial charge in [0.15, 0.2) is 9.84 Å². The molecule has 45 heavy (non-hydrogen) atoms. The Balaban J connectivity index is 1.26. The lowest BCUT2D eigenvalue weighted by atomic mass is 9.66. The summed E-state index contributed by atoms with van der Waals surface area (Å²) in [7, 11) is -3.86. The molecule has 0 saturated carbocycles. The van der Waals surface area contributed by atoms with E-state index in [1.807, 2.05) is 30.3 Å². The van der Waals surface area contributed by atoms with E-state index < -0.39 is 46.3 Å². The van der Waals surface area contributed by atoms with Gasteiger partial charge < -0.3 is 19.7 Å². The molecule has 0 aromatic heterocycles. The molecule has 0 saturated heterocycles. The number of rotatable bonds is 14. The summed E-state index contributed by atoms with van der Waals surface area (Å²) in [5.41, 5.74) is 2.78. The van der Waals surface area contributed by atoms with Crippen LogP contribution in [0.2, 0.25) is 0 Å². The van der Waals surface area contributed by atoms with E-state index in [2.05, 4.69) is 6.92 Å². The highest BCUT2D eigenvalue weighted by Gasteiger charge is 2.56. The molecule has 2 atom stereocenters. The zero-order valence-electron chi connectivity index (χ0n) is 24.8. The zero-order chi connectivity index (χ0) is 32.9. The molecule has 0 spiro atoms. The van der Waals surface area contributed by atoms with Gasteiger partial charge in [-0.2, -0.15) is 22.0 Å². The summed E-state index contributed by atoms with van der Waals surface area (Å²) in [6, 6.07) is 19.5. The van der Waals surface area contributed by atoms with Crippen molar-refractivity contribution in [3.63, 3.8) is 0 Å². The third kappa shape index (κ3) is 8.80. The third-order valence-electron chi connectivity index (χ3n) is 8.35. The van der Waals surface area contributed by atoms with Gasteiger partial charge >= 0.3 is 12.1 Å². The van der Waals surface area contributed by atoms with Gasteiger partial charge in [0.25, 0.3) is 0 Å². The Morgan fingerprint density at radius 1 is 0.889 bits per heavy atom. The number of unbranched alkanes of at least 4 members (excludes halogenated alkanes) is 1. The van der Waals surface area contributed by atoms with Crippen LogP contribution in [0.1, 0.15) is 61.6 Å². The lowest BCUT2D eigenvalue weighted by Crippen LogP contribution is -2.40. The van der Waals surface area contributed by atoms with Crippen molar-refractivity contribution in [2.45, 2.75) is 68.9 Å². The highest BCUT2D eigenvalue weighted by molar-refractivity contribution is 7.91. The predicted molar refractivity (Wildman–Crippen MR) is 160 cm³/mol. The second-order valence-corrected chi connectivity index (χ2v) is 14.0. The van der Waals surface area contributed by atoms with E-state index >= 15 is 0 Å². The molecule has 2 N–H and O–H groups in total. The molecule has 1 aliphatic heterocycles. The summed E-state index contributed by atoms with van der Waals surface area (Å²) >= 11 is 0. The van der Waals surface area contributed by atoms with Crippen LogP contribution < -0.4 is 9.47 Å². The minimum absolute atomic E-state index is 0.111. The Kier molecular flexibility index (Phi) is 10.6. The van der Waals surface area contributed by atoms with Crippen LogP contribution in [-0.4, -0.2) is 55.4 Å². The fourth-order valence-electron chi connectivity index (χ4n) is 5.68. The third-order valence-corrected chi connectivity index (χ3v) is 10.1. The van der Waals surface area contributed by atoms with Crippen molar-refractivity contribution in [2.24, 2.45) is 0 Å². The first-order valence-electron chi connectivity index (χ1n) is 14.7. The van der Waals surface area contributed by atoms with Gasteiger partial charge in [-0.25, -0.2) is 8.42 Å². The minimum atomic E-state index is -5.70. The molecule has 2 unspecified atom stereocenters. The number of aryl methyl sites for hydroxylation is 1. The number of sulfone groups is 1. The quantitative estimate of drug-likeness (QED) is 0.136. The summed E-state index contributed by atoms with van der Waals surface area (Å²) in [5, 5.41) is 19.8. The van der Waals surface area contributed by atoms with Crippen LogP contribution in [0.15, 0.2) is 66.7 Å². The first-order chi connectivity index (χ1) is 21.1. The van der Waals surface area contributed by atoms with E-state index in [1.54, 1.807) is 36.4 Å². The van der Waals surface area contributed by atoms with Gasteiger partial charge in [-0.15, -0.1) is 0 Å². The number of phenols is 2. The standard InChI is InChI=1S/C33H37F5O6S/c1-31(24-9-11-25(39)12-10-24)22-44-30-21-26(40)13-16-28(30)29(31)6-3-2-5-23-7-14-27(15-8-23)43-18-20-45(41,42)19-4-17-32(34,35)33(36,37)38/h7-16,21,29,39-40H,2-6,17-20,22H2,1H3. The lowest BCUT2D eigenvalue weighted by Gasteiger charge is -2.43. The Hall–Kier alpha value is -3.54. The number of halogens is 5. The number of benzene rings is 3. The van der Waals surface area contributed by atoms with Gasteiger partial charge in [-0.3, -0.25) is 0 Å². The summed E-state index contributed by atoms with van der Waals surface area (Å²) in [5.74, 6) is -4.67. The Bertz CT molecular complexity index is 1520. The van der Waals surface area contributed by atoms with Gasteiger partial charge in [-0.1, -0.05) is 43.7 Å². The van der Waals surface area contributed by atoms with Crippen LogP contribution in [-0.2, 0) is 21.7 Å². The second kappa shape index (κ2) is 13.8. The molecule has 6 nitrogen and oxygen atoms in total. The van der Waals surface area contributed by atoms with Crippen molar-refractivity contribution in [3.05, 3.63) is 83.4 Å². The number of aromatic hydroxyl groups is 2. The van der Waals surface area contributed by atoms with Gasteiger partial charge in [0.05, 0.1) is 18.1 Å². The first-order valence-corrected chi connectivity index (χ1v) is 16.5. The molecule has 0 radical (unpaired) electrons. The van der Waals surface area contributed by atoms with Gasteiger partial charge in [-0.05, 0) is 72.7 Å². The molecule has 4 rings (SSSR count). The van der Waals surface area contributed by atoms with Crippen molar-refractivity contribution in [1.29, 1.82) is 0 Å². The molecule has 0 bridgehead atoms. The Morgan fingerprint density at radius 2 is 1.56 bits per heavy atom. The number of hydrogen-bond donors (Lipinski definition) is 2. The van der Waals surface area contributed by atoms with E-state index in [0.29, 0.717) is 18.1 Å². The number of alkyl halides is 5. The molecule has 3 aromatic carbocycles. The molecule has 0 aliphatic carbocycles. The van der Waals surface area contributed by atoms with Crippen molar-refractivity contribution >= 4 is 9.84 Å². The van der Waals surface area contributed by atoms with Crippen LogP contribution in [0.25, 0.3) is 0 Å². The summed E-state index contributed by atoms with van der Waals surface area (Å²) in [6.07, 6.45) is -4.63. The van der Waals surface area contributed by atoms with Crippen LogP contribution in [0.5, 0.6) is 23.0 Å². The van der Waals surface area contributed by atoms with E-state index in [1.165, 1.54) is 0 Å². The molecule has 12 heteroatoms. The van der Waals surface area contributed by atoms with Crippen molar-refractivity contribution in [2.75, 3.05) is 24.7 Å². The molecule has 246 valence electrons. The largest absolute Gasteiger partial charge is 0.508 e. The smallest absolute Gasteiger partial charge is 0.453 e. The minimum Gasteiger partial charge on any atom is -0.508 e. The summed E-state index contributed by atoms with van der Waals surface area (Å²) < 4.78 is 98.4. The molecule has 1 heterocycles. The summed E-state index contributed by atoms with van der Waals surface area (Å²) in [6.45, 7) is 2.33. The van der Waals surface area contributed by atoms with Crippen molar-refractivity contribution < 1.29 is 50.1 Å². The maximum atomic E-state index is 13.0. The number of hydrogen-bond acceptors (Lipinski definition) is 6. The highest BCUT2D eigenvalue weighted by atomic mass is 32.2. The molecule has 0 fully saturated rings. The highest BCUT2D eigenvalue weighted by Crippen LogP contribution is 2.49. The number of fused-ring (bicyclic) bond motifs is 1. The van der Waals surface area contributed by atoms with Crippen LogP contribution in [0, 0.1) is 0 Å². The lowest BCUT2D eigenvalue weighted by molar-refractivity contribution is -0.284. The van der Waals surface area contributed by atoms with Gasteiger partial charge in [0, 0.05) is 23.8 Å². The second-order valence-electron chi connectivity index (χ2n) is 11.7. The predicted octanol–water partition coefficient (Wildman–Crippen LogP) is 7.72. The maximum absolute atomic E-state index is 13.0. The van der Waals surface area contributed by atoms with E-state index in [-0.39, 0.29) is 29.4 Å². The molecule has 0 amide bonds. The first kappa shape index (κ1) is 34.3.